The van der Waals surface area contributed by atoms with Crippen molar-refractivity contribution in [2.45, 2.75) is 25.8 Å². The molecule has 0 aliphatic carbocycles. The standard InChI is InChI=1S/C9H18N2/c1-4-10-7-9-6-5-8(2)11(9)3/h9-10H,2,4-7H2,1,3H3. The number of likely N-dealkylation sites (tertiary alicyclic amines) is 1. The predicted octanol–water partition coefficient (Wildman–Crippen LogP) is 1.20. The van der Waals surface area contributed by atoms with E-state index in [4.69, 9.17) is 0 Å². The van der Waals surface area contributed by atoms with Gasteiger partial charge in [0.15, 0.2) is 0 Å². The van der Waals surface area contributed by atoms with Crippen LogP contribution in [-0.2, 0) is 0 Å². The molecule has 1 saturated heterocycles. The lowest BCUT2D eigenvalue weighted by atomic mass is 10.2. The molecule has 64 valence electrons. The summed E-state index contributed by atoms with van der Waals surface area (Å²) in [6.45, 7) is 8.30. The van der Waals surface area contributed by atoms with E-state index in [-0.39, 0.29) is 0 Å². The van der Waals surface area contributed by atoms with Crippen molar-refractivity contribution < 1.29 is 0 Å². The molecule has 0 bridgehead atoms. The molecular weight excluding hydrogens is 136 g/mol. The Balaban J connectivity index is 2.30. The maximum Gasteiger partial charge on any atom is 0.0411 e. The van der Waals surface area contributed by atoms with Gasteiger partial charge in [-0.2, -0.15) is 0 Å². The van der Waals surface area contributed by atoms with Gasteiger partial charge < -0.3 is 10.2 Å². The first kappa shape index (κ1) is 8.60. The average molecular weight is 154 g/mol. The summed E-state index contributed by atoms with van der Waals surface area (Å²) in [4.78, 5) is 2.29. The van der Waals surface area contributed by atoms with E-state index in [0.717, 1.165) is 13.1 Å². The lowest BCUT2D eigenvalue weighted by Crippen LogP contribution is -2.34. The largest absolute Gasteiger partial charge is 0.374 e. The lowest BCUT2D eigenvalue weighted by Gasteiger charge is -2.22. The smallest absolute Gasteiger partial charge is 0.0411 e. The summed E-state index contributed by atoms with van der Waals surface area (Å²) < 4.78 is 0. The fraction of sp³-hybridized carbons (Fsp3) is 0.778. The van der Waals surface area contributed by atoms with Gasteiger partial charge in [0.1, 0.15) is 0 Å². The van der Waals surface area contributed by atoms with Crippen molar-refractivity contribution >= 4 is 0 Å². The maximum absolute atomic E-state index is 3.99. The number of allylic oxidation sites excluding steroid dienone is 1. The predicted molar refractivity (Wildman–Crippen MR) is 48.5 cm³/mol. The molecule has 0 spiro atoms. The molecule has 1 aliphatic heterocycles. The number of hydrogen-bond acceptors (Lipinski definition) is 2. The Hall–Kier alpha value is -0.500. The van der Waals surface area contributed by atoms with Gasteiger partial charge in [-0.05, 0) is 19.4 Å². The van der Waals surface area contributed by atoms with Crippen molar-refractivity contribution in [1.29, 1.82) is 0 Å². The van der Waals surface area contributed by atoms with Crippen LogP contribution in [0.2, 0.25) is 0 Å². The highest BCUT2D eigenvalue weighted by atomic mass is 15.2. The highest BCUT2D eigenvalue weighted by molar-refractivity contribution is 5.02. The first-order chi connectivity index (χ1) is 5.25. The minimum atomic E-state index is 0.683. The van der Waals surface area contributed by atoms with Gasteiger partial charge >= 0.3 is 0 Å². The van der Waals surface area contributed by atoms with Gasteiger partial charge in [0.05, 0.1) is 0 Å². The minimum Gasteiger partial charge on any atom is -0.374 e. The third-order valence-electron chi connectivity index (χ3n) is 2.44. The van der Waals surface area contributed by atoms with Crippen molar-refractivity contribution in [3.8, 4) is 0 Å². The zero-order valence-corrected chi connectivity index (χ0v) is 7.56. The molecule has 11 heavy (non-hydrogen) atoms. The van der Waals surface area contributed by atoms with Crippen LogP contribution in [0, 0.1) is 0 Å². The van der Waals surface area contributed by atoms with Gasteiger partial charge in [-0.15, -0.1) is 0 Å². The van der Waals surface area contributed by atoms with Crippen LogP contribution in [0.25, 0.3) is 0 Å². The summed E-state index contributed by atoms with van der Waals surface area (Å²) in [7, 11) is 2.14. The zero-order chi connectivity index (χ0) is 8.27. The lowest BCUT2D eigenvalue weighted by molar-refractivity contribution is 0.340. The van der Waals surface area contributed by atoms with E-state index < -0.39 is 0 Å². The molecule has 1 unspecified atom stereocenters. The number of nitrogens with one attached hydrogen (secondary N) is 1. The molecule has 0 aromatic rings. The SMILES string of the molecule is C=C1CCC(CNCC)N1C. The zero-order valence-electron chi connectivity index (χ0n) is 7.56. The Kier molecular flexibility index (Phi) is 2.94. The van der Waals surface area contributed by atoms with E-state index in [1.807, 2.05) is 0 Å². The van der Waals surface area contributed by atoms with Crippen LogP contribution in [-0.4, -0.2) is 31.1 Å². The molecule has 1 heterocycles. The molecule has 0 aromatic carbocycles. The number of rotatable bonds is 3. The Morgan fingerprint density at radius 3 is 2.91 bits per heavy atom. The molecule has 1 rings (SSSR count). The van der Waals surface area contributed by atoms with Crippen LogP contribution < -0.4 is 5.32 Å². The fourth-order valence-corrected chi connectivity index (χ4v) is 1.51. The number of hydrogen-bond donors (Lipinski definition) is 1. The quantitative estimate of drug-likeness (QED) is 0.657. The third kappa shape index (κ3) is 1.96. The van der Waals surface area contributed by atoms with Crippen LogP contribution in [0.3, 0.4) is 0 Å². The summed E-state index contributed by atoms with van der Waals surface area (Å²) in [6.07, 6.45) is 2.44. The van der Waals surface area contributed by atoms with Crippen molar-refractivity contribution in [2.24, 2.45) is 0 Å². The van der Waals surface area contributed by atoms with Gasteiger partial charge in [-0.3, -0.25) is 0 Å². The van der Waals surface area contributed by atoms with Crippen LogP contribution in [0.1, 0.15) is 19.8 Å². The second-order valence-electron chi connectivity index (χ2n) is 3.18. The van der Waals surface area contributed by atoms with Crippen LogP contribution in [0.5, 0.6) is 0 Å². The highest BCUT2D eigenvalue weighted by Crippen LogP contribution is 2.22. The average Bonchev–Trinajstić information content (AvgIpc) is 2.31. The minimum absolute atomic E-state index is 0.683. The van der Waals surface area contributed by atoms with Crippen LogP contribution in [0.15, 0.2) is 12.3 Å². The highest BCUT2D eigenvalue weighted by Gasteiger charge is 2.22. The monoisotopic (exact) mass is 154 g/mol. The second kappa shape index (κ2) is 3.77. The first-order valence-corrected chi connectivity index (χ1v) is 4.37. The van der Waals surface area contributed by atoms with Gasteiger partial charge in [0.2, 0.25) is 0 Å². The normalized spacial score (nSPS) is 24.7. The molecule has 0 saturated carbocycles. The van der Waals surface area contributed by atoms with E-state index in [2.05, 4.69) is 30.8 Å². The van der Waals surface area contributed by atoms with Gasteiger partial charge in [-0.25, -0.2) is 0 Å². The summed E-state index contributed by atoms with van der Waals surface area (Å²) in [5.41, 5.74) is 1.29. The second-order valence-corrected chi connectivity index (χ2v) is 3.18. The molecule has 0 aromatic heterocycles. The van der Waals surface area contributed by atoms with Crippen molar-refractivity contribution in [3.63, 3.8) is 0 Å². The number of nitrogens with zero attached hydrogens (tertiary/aromatic N) is 1. The topological polar surface area (TPSA) is 15.3 Å². The van der Waals surface area contributed by atoms with Gasteiger partial charge in [0, 0.05) is 25.3 Å². The first-order valence-electron chi connectivity index (χ1n) is 4.37. The van der Waals surface area contributed by atoms with Crippen LogP contribution in [0.4, 0.5) is 0 Å². The fourth-order valence-electron chi connectivity index (χ4n) is 1.51. The Morgan fingerprint density at radius 1 is 1.73 bits per heavy atom. The van der Waals surface area contributed by atoms with Crippen molar-refractivity contribution in [1.82, 2.24) is 10.2 Å². The summed E-state index contributed by atoms with van der Waals surface area (Å²) >= 11 is 0. The van der Waals surface area contributed by atoms with Crippen molar-refractivity contribution in [2.75, 3.05) is 20.1 Å². The van der Waals surface area contributed by atoms with E-state index in [9.17, 15) is 0 Å². The molecule has 1 atom stereocenters. The molecule has 1 aliphatic rings. The summed E-state index contributed by atoms with van der Waals surface area (Å²) in [5.74, 6) is 0. The van der Waals surface area contributed by atoms with Crippen LogP contribution >= 0.6 is 0 Å². The van der Waals surface area contributed by atoms with E-state index in [0.29, 0.717) is 6.04 Å². The van der Waals surface area contributed by atoms with Gasteiger partial charge in [0.25, 0.3) is 0 Å². The molecule has 0 radical (unpaired) electrons. The van der Waals surface area contributed by atoms with E-state index >= 15 is 0 Å². The molecule has 1 N–H and O–H groups in total. The Morgan fingerprint density at radius 2 is 2.45 bits per heavy atom. The van der Waals surface area contributed by atoms with Gasteiger partial charge in [-0.1, -0.05) is 13.5 Å². The maximum atomic E-state index is 3.99. The summed E-state index contributed by atoms with van der Waals surface area (Å²) in [6, 6.07) is 0.683. The Bertz CT molecular complexity index is 142. The molecule has 2 nitrogen and oxygen atoms in total. The molecule has 2 heteroatoms. The van der Waals surface area contributed by atoms with E-state index in [1.165, 1.54) is 18.5 Å². The molecule has 1 fully saturated rings. The Labute approximate surface area is 69.3 Å². The number of likely N-dealkylation sites (N-methyl/N-ethyl adjacent to an activating group) is 2. The van der Waals surface area contributed by atoms with E-state index in [1.54, 1.807) is 0 Å². The summed E-state index contributed by atoms with van der Waals surface area (Å²) in [5, 5.41) is 3.36. The molecular formula is C9H18N2. The molecule has 0 amide bonds. The third-order valence-corrected chi connectivity index (χ3v) is 2.44. The van der Waals surface area contributed by atoms with Crippen molar-refractivity contribution in [3.05, 3.63) is 12.3 Å².